The minimum absolute atomic E-state index is 0.00505. The Morgan fingerprint density at radius 2 is 2.07 bits per heavy atom. The summed E-state index contributed by atoms with van der Waals surface area (Å²) in [6.45, 7) is 2.74. The number of aromatic nitrogens is 3. The highest BCUT2D eigenvalue weighted by molar-refractivity contribution is 5.79. The van der Waals surface area contributed by atoms with Gasteiger partial charge in [0.15, 0.2) is 0 Å². The van der Waals surface area contributed by atoms with E-state index in [0.717, 1.165) is 17.5 Å². The van der Waals surface area contributed by atoms with Gasteiger partial charge in [-0.05, 0) is 53.8 Å². The zero-order chi connectivity index (χ0) is 18.6. The Bertz CT molecular complexity index is 1110. The Kier molecular flexibility index (Phi) is 4.79. The van der Waals surface area contributed by atoms with Crippen LogP contribution in [0.5, 0.6) is 0 Å². The summed E-state index contributed by atoms with van der Waals surface area (Å²) in [6.07, 6.45) is 14.7. The first-order chi connectivity index (χ1) is 13.2. The Morgan fingerprint density at radius 1 is 1.19 bits per heavy atom. The van der Waals surface area contributed by atoms with Gasteiger partial charge in [0, 0.05) is 18.9 Å². The summed E-state index contributed by atoms with van der Waals surface area (Å²) >= 11 is 0. The molecule has 1 aliphatic carbocycles. The monoisotopic (exact) mass is 355 g/mol. The summed E-state index contributed by atoms with van der Waals surface area (Å²) < 4.78 is 1.77. The average Bonchev–Trinajstić information content (AvgIpc) is 2.70. The van der Waals surface area contributed by atoms with Crippen LogP contribution in [0.1, 0.15) is 24.7 Å². The van der Waals surface area contributed by atoms with E-state index in [1.54, 1.807) is 17.0 Å². The number of benzene rings is 1. The molecule has 0 saturated carbocycles. The van der Waals surface area contributed by atoms with Gasteiger partial charge in [0.25, 0.3) is 5.56 Å². The Balaban J connectivity index is 1.80. The van der Waals surface area contributed by atoms with Crippen LogP contribution >= 0.6 is 0 Å². The molecule has 0 aliphatic heterocycles. The molecule has 0 radical (unpaired) electrons. The van der Waals surface area contributed by atoms with Crippen molar-refractivity contribution in [1.82, 2.24) is 14.5 Å². The topological polar surface area (TPSA) is 47.8 Å². The summed E-state index contributed by atoms with van der Waals surface area (Å²) in [4.78, 5) is 22.0. The molecule has 27 heavy (non-hydrogen) atoms. The van der Waals surface area contributed by atoms with Crippen LogP contribution in [0.3, 0.4) is 0 Å². The SMILES string of the molecule is CC1C=CC=C(Cn2c(/C=C/c3cccnc3)nc3ccccc3c2=O)C1. The molecule has 2 heterocycles. The third-order valence-corrected chi connectivity index (χ3v) is 4.72. The van der Waals surface area contributed by atoms with Crippen molar-refractivity contribution in [1.29, 1.82) is 0 Å². The number of para-hydroxylation sites is 1. The van der Waals surface area contributed by atoms with Crippen LogP contribution in [0.15, 0.2) is 77.4 Å². The highest BCUT2D eigenvalue weighted by Gasteiger charge is 2.13. The third kappa shape index (κ3) is 3.80. The number of fused-ring (bicyclic) bond motifs is 1. The Labute approximate surface area is 158 Å². The highest BCUT2D eigenvalue weighted by atomic mass is 16.1. The molecule has 4 rings (SSSR count). The smallest absolute Gasteiger partial charge is 0.261 e. The van der Waals surface area contributed by atoms with E-state index in [-0.39, 0.29) is 5.56 Å². The molecule has 0 bridgehead atoms. The molecule has 1 atom stereocenters. The standard InChI is InChI=1S/C23H21N3O/c1-17-6-4-7-19(14-17)16-26-22(12-11-18-8-5-13-24-15-18)25-21-10-3-2-9-20(21)23(26)27/h2-13,15,17H,14,16H2,1H3/b12-11+. The van der Waals surface area contributed by atoms with Crippen LogP contribution in [-0.2, 0) is 6.54 Å². The molecule has 4 heteroatoms. The molecule has 0 saturated heterocycles. The van der Waals surface area contributed by atoms with Crippen LogP contribution < -0.4 is 5.56 Å². The fraction of sp³-hybridized carbons (Fsp3) is 0.174. The first-order valence-electron chi connectivity index (χ1n) is 9.14. The lowest BCUT2D eigenvalue weighted by atomic mass is 9.96. The lowest BCUT2D eigenvalue weighted by Crippen LogP contribution is -2.25. The van der Waals surface area contributed by atoms with E-state index in [0.29, 0.717) is 23.7 Å². The molecule has 0 amide bonds. The fourth-order valence-electron chi connectivity index (χ4n) is 3.36. The predicted octanol–water partition coefficient (Wildman–Crippen LogP) is 4.48. The summed E-state index contributed by atoms with van der Waals surface area (Å²) in [5.41, 5.74) is 2.92. The zero-order valence-electron chi connectivity index (χ0n) is 15.2. The molecule has 1 aliphatic rings. The Hall–Kier alpha value is -3.27. The van der Waals surface area contributed by atoms with Crippen LogP contribution in [0.25, 0.3) is 23.1 Å². The van der Waals surface area contributed by atoms with E-state index in [1.807, 2.05) is 48.6 Å². The first kappa shape index (κ1) is 17.2. The van der Waals surface area contributed by atoms with Crippen LogP contribution in [0, 0.1) is 5.92 Å². The van der Waals surface area contributed by atoms with Crippen LogP contribution in [0.4, 0.5) is 0 Å². The van der Waals surface area contributed by atoms with Crippen molar-refractivity contribution in [2.24, 2.45) is 5.92 Å². The van der Waals surface area contributed by atoms with Gasteiger partial charge in [-0.1, -0.05) is 43.4 Å². The van der Waals surface area contributed by atoms with Crippen molar-refractivity contribution in [3.63, 3.8) is 0 Å². The molecule has 0 fully saturated rings. The van der Waals surface area contributed by atoms with Crippen molar-refractivity contribution in [3.05, 3.63) is 94.3 Å². The molecule has 0 spiro atoms. The minimum atomic E-state index is -0.00505. The maximum atomic E-state index is 13.1. The van der Waals surface area contributed by atoms with Gasteiger partial charge in [-0.15, -0.1) is 0 Å². The quantitative estimate of drug-likeness (QED) is 0.693. The first-order valence-corrected chi connectivity index (χ1v) is 9.14. The van der Waals surface area contributed by atoms with Crippen molar-refractivity contribution in [2.45, 2.75) is 19.9 Å². The number of hydrogen-bond donors (Lipinski definition) is 0. The summed E-state index contributed by atoms with van der Waals surface area (Å²) in [7, 11) is 0. The van der Waals surface area contributed by atoms with Gasteiger partial charge in [-0.2, -0.15) is 0 Å². The number of hydrogen-bond acceptors (Lipinski definition) is 3. The van der Waals surface area contributed by atoms with Crippen LogP contribution in [-0.4, -0.2) is 14.5 Å². The summed E-state index contributed by atoms with van der Waals surface area (Å²) in [5, 5.41) is 0.649. The normalized spacial score (nSPS) is 16.8. The van der Waals surface area contributed by atoms with E-state index in [1.165, 1.54) is 5.57 Å². The number of allylic oxidation sites excluding steroid dienone is 4. The predicted molar refractivity (Wildman–Crippen MR) is 110 cm³/mol. The molecule has 134 valence electrons. The van der Waals surface area contributed by atoms with Crippen molar-refractivity contribution in [3.8, 4) is 0 Å². The maximum absolute atomic E-state index is 13.1. The lowest BCUT2D eigenvalue weighted by Gasteiger charge is -2.17. The molecule has 4 nitrogen and oxygen atoms in total. The molecular weight excluding hydrogens is 334 g/mol. The second kappa shape index (κ2) is 7.54. The molecule has 1 unspecified atom stereocenters. The number of rotatable bonds is 4. The molecular formula is C23H21N3O. The summed E-state index contributed by atoms with van der Waals surface area (Å²) in [6, 6.07) is 11.4. The van der Waals surface area contributed by atoms with E-state index < -0.39 is 0 Å². The van der Waals surface area contributed by atoms with Crippen molar-refractivity contribution < 1.29 is 0 Å². The van der Waals surface area contributed by atoms with Gasteiger partial charge in [0.1, 0.15) is 5.82 Å². The van der Waals surface area contributed by atoms with E-state index in [2.05, 4.69) is 30.1 Å². The number of nitrogens with zero attached hydrogens (tertiary/aromatic N) is 3. The molecule has 2 aromatic heterocycles. The molecule has 0 N–H and O–H groups in total. The van der Waals surface area contributed by atoms with Gasteiger partial charge in [0.2, 0.25) is 0 Å². The number of pyridine rings is 1. The molecule has 3 aromatic rings. The minimum Gasteiger partial charge on any atom is -0.288 e. The van der Waals surface area contributed by atoms with E-state index in [4.69, 9.17) is 4.98 Å². The third-order valence-electron chi connectivity index (χ3n) is 4.72. The fourth-order valence-corrected chi connectivity index (χ4v) is 3.36. The zero-order valence-corrected chi connectivity index (χ0v) is 15.2. The molecule has 1 aromatic carbocycles. The van der Waals surface area contributed by atoms with Gasteiger partial charge < -0.3 is 0 Å². The van der Waals surface area contributed by atoms with Crippen molar-refractivity contribution >= 4 is 23.1 Å². The summed E-state index contributed by atoms with van der Waals surface area (Å²) in [5.74, 6) is 1.15. The largest absolute Gasteiger partial charge is 0.288 e. The Morgan fingerprint density at radius 3 is 2.89 bits per heavy atom. The highest BCUT2D eigenvalue weighted by Crippen LogP contribution is 2.20. The maximum Gasteiger partial charge on any atom is 0.261 e. The van der Waals surface area contributed by atoms with Gasteiger partial charge in [-0.25, -0.2) is 4.98 Å². The van der Waals surface area contributed by atoms with E-state index >= 15 is 0 Å². The van der Waals surface area contributed by atoms with E-state index in [9.17, 15) is 4.79 Å². The second-order valence-corrected chi connectivity index (χ2v) is 6.89. The van der Waals surface area contributed by atoms with Gasteiger partial charge in [-0.3, -0.25) is 14.3 Å². The van der Waals surface area contributed by atoms with Crippen molar-refractivity contribution in [2.75, 3.05) is 0 Å². The van der Waals surface area contributed by atoms with Crippen LogP contribution in [0.2, 0.25) is 0 Å². The van der Waals surface area contributed by atoms with Gasteiger partial charge >= 0.3 is 0 Å². The van der Waals surface area contributed by atoms with Gasteiger partial charge in [0.05, 0.1) is 10.9 Å². The average molecular weight is 355 g/mol. The lowest BCUT2D eigenvalue weighted by molar-refractivity contribution is 0.632. The second-order valence-electron chi connectivity index (χ2n) is 6.89.